The molecule has 0 aliphatic carbocycles. The van der Waals surface area contributed by atoms with Crippen LogP contribution in [0.25, 0.3) is 28.1 Å². The van der Waals surface area contributed by atoms with Crippen LogP contribution in [0.15, 0.2) is 54.7 Å². The predicted octanol–water partition coefficient (Wildman–Crippen LogP) is 4.71. The monoisotopic (exact) mass is 364 g/mol. The lowest BCUT2D eigenvalue weighted by Gasteiger charge is -2.16. The molecule has 4 aromatic rings. The third kappa shape index (κ3) is 2.70. The van der Waals surface area contributed by atoms with Gasteiger partial charge in [0, 0.05) is 24.3 Å². The van der Waals surface area contributed by atoms with Gasteiger partial charge in [-0.15, -0.1) is 0 Å². The molecule has 0 N–H and O–H groups in total. The Kier molecular flexibility index (Phi) is 3.95. The Balaban J connectivity index is 1.63. The van der Waals surface area contributed by atoms with Gasteiger partial charge in [-0.25, -0.2) is 4.98 Å². The smallest absolute Gasteiger partial charge is 0.215 e. The number of halogens is 1. The van der Waals surface area contributed by atoms with Crippen molar-refractivity contribution in [3.63, 3.8) is 0 Å². The highest BCUT2D eigenvalue weighted by Gasteiger charge is 2.17. The average molecular weight is 365 g/mol. The summed E-state index contributed by atoms with van der Waals surface area (Å²) in [6.45, 7) is 4.43. The van der Waals surface area contributed by atoms with E-state index in [-0.39, 0.29) is 0 Å². The summed E-state index contributed by atoms with van der Waals surface area (Å²) in [5.41, 5.74) is 4.55. The number of nitrogens with zero attached hydrogens (tertiary/aromatic N) is 4. The van der Waals surface area contributed by atoms with Crippen molar-refractivity contribution in [1.29, 1.82) is 0 Å². The van der Waals surface area contributed by atoms with Gasteiger partial charge in [-0.1, -0.05) is 35.9 Å². The molecule has 1 aliphatic rings. The Bertz CT molecular complexity index is 1050. The third-order valence-electron chi connectivity index (χ3n) is 5.34. The van der Waals surface area contributed by atoms with Crippen LogP contribution in [0.3, 0.4) is 0 Å². The topological polar surface area (TPSA) is 25.5 Å². The van der Waals surface area contributed by atoms with Gasteiger partial charge < -0.3 is 9.47 Å². The molecule has 0 bridgehead atoms. The Morgan fingerprint density at radius 2 is 1.69 bits per heavy atom. The summed E-state index contributed by atoms with van der Waals surface area (Å²) in [5, 5.41) is 0.763. The fourth-order valence-corrected chi connectivity index (χ4v) is 4.09. The summed E-state index contributed by atoms with van der Waals surface area (Å²) < 4.78 is 4.56. The molecular formula is C21H21ClN4. The minimum absolute atomic E-state index is 0.763. The van der Waals surface area contributed by atoms with Gasteiger partial charge in [0.2, 0.25) is 5.78 Å². The van der Waals surface area contributed by atoms with E-state index in [1.54, 1.807) is 0 Å². The Labute approximate surface area is 157 Å². The molecular weight excluding hydrogens is 344 g/mol. The zero-order valence-corrected chi connectivity index (χ0v) is 15.4. The van der Waals surface area contributed by atoms with E-state index in [0.29, 0.717) is 0 Å². The van der Waals surface area contributed by atoms with Crippen molar-refractivity contribution in [3.05, 3.63) is 59.8 Å². The van der Waals surface area contributed by atoms with Gasteiger partial charge in [0.05, 0.1) is 16.7 Å². The Morgan fingerprint density at radius 3 is 2.50 bits per heavy atom. The molecule has 0 unspecified atom stereocenters. The van der Waals surface area contributed by atoms with Gasteiger partial charge in [0.15, 0.2) is 0 Å². The van der Waals surface area contributed by atoms with E-state index < -0.39 is 0 Å². The Morgan fingerprint density at radius 1 is 0.923 bits per heavy atom. The minimum atomic E-state index is 0.763. The number of rotatable bonds is 4. The van der Waals surface area contributed by atoms with Gasteiger partial charge in [0.1, 0.15) is 0 Å². The first-order chi connectivity index (χ1) is 12.8. The molecule has 0 saturated carbocycles. The number of para-hydroxylation sites is 2. The first-order valence-electron chi connectivity index (χ1n) is 9.24. The first kappa shape index (κ1) is 15.9. The fourth-order valence-electron chi connectivity index (χ4n) is 3.97. The van der Waals surface area contributed by atoms with Crippen LogP contribution in [0.5, 0.6) is 0 Å². The molecule has 0 atom stereocenters. The molecule has 1 saturated heterocycles. The van der Waals surface area contributed by atoms with Crippen LogP contribution in [0, 0.1) is 0 Å². The van der Waals surface area contributed by atoms with Gasteiger partial charge >= 0.3 is 0 Å². The van der Waals surface area contributed by atoms with Crippen LogP contribution in [-0.2, 0) is 6.54 Å². The van der Waals surface area contributed by atoms with Crippen LogP contribution in [-0.4, -0.2) is 38.5 Å². The normalized spacial score (nSPS) is 15.4. The standard InChI is InChI=1S/C21H21ClN4/c22-17-9-7-16(8-10-17)20-15-26-19-6-2-1-5-18(19)23-21(26)25(20)14-13-24-11-3-4-12-24/h1-2,5-10,15H,3-4,11-14H2. The summed E-state index contributed by atoms with van der Waals surface area (Å²) in [5.74, 6) is 1.01. The molecule has 0 radical (unpaired) electrons. The van der Waals surface area contributed by atoms with Crippen molar-refractivity contribution in [3.8, 4) is 11.3 Å². The van der Waals surface area contributed by atoms with Crippen molar-refractivity contribution in [1.82, 2.24) is 18.9 Å². The van der Waals surface area contributed by atoms with E-state index in [2.05, 4.69) is 50.4 Å². The van der Waals surface area contributed by atoms with Gasteiger partial charge in [-0.3, -0.25) is 4.40 Å². The molecule has 26 heavy (non-hydrogen) atoms. The highest BCUT2D eigenvalue weighted by Crippen LogP contribution is 2.27. The number of likely N-dealkylation sites (tertiary alicyclic amines) is 1. The molecule has 1 aliphatic heterocycles. The maximum atomic E-state index is 6.09. The molecule has 5 rings (SSSR count). The Hall–Kier alpha value is -2.30. The third-order valence-corrected chi connectivity index (χ3v) is 5.59. The number of fused-ring (bicyclic) bond motifs is 3. The van der Waals surface area contributed by atoms with E-state index in [4.69, 9.17) is 16.6 Å². The molecule has 0 spiro atoms. The highest BCUT2D eigenvalue weighted by atomic mass is 35.5. The lowest BCUT2D eigenvalue weighted by molar-refractivity contribution is 0.324. The second-order valence-electron chi connectivity index (χ2n) is 6.99. The van der Waals surface area contributed by atoms with E-state index in [1.807, 2.05) is 18.2 Å². The summed E-state index contributed by atoms with van der Waals surface area (Å²) in [6.07, 6.45) is 4.84. The average Bonchev–Trinajstić information content (AvgIpc) is 3.36. The zero-order valence-electron chi connectivity index (χ0n) is 14.6. The van der Waals surface area contributed by atoms with Crippen LogP contribution < -0.4 is 0 Å². The second-order valence-corrected chi connectivity index (χ2v) is 7.43. The van der Waals surface area contributed by atoms with Crippen molar-refractivity contribution in [2.75, 3.05) is 19.6 Å². The van der Waals surface area contributed by atoms with Crippen molar-refractivity contribution in [2.45, 2.75) is 19.4 Å². The molecule has 0 amide bonds. The van der Waals surface area contributed by atoms with Crippen LogP contribution in [0.1, 0.15) is 12.8 Å². The molecule has 2 aromatic carbocycles. The fraction of sp³-hybridized carbons (Fsp3) is 0.286. The molecule has 2 aromatic heterocycles. The molecule has 4 nitrogen and oxygen atoms in total. The van der Waals surface area contributed by atoms with Gasteiger partial charge in [-0.2, -0.15) is 0 Å². The van der Waals surface area contributed by atoms with Crippen LogP contribution in [0.4, 0.5) is 0 Å². The molecule has 132 valence electrons. The number of hydrogen-bond acceptors (Lipinski definition) is 2. The highest BCUT2D eigenvalue weighted by molar-refractivity contribution is 6.30. The maximum absolute atomic E-state index is 6.09. The van der Waals surface area contributed by atoms with Crippen molar-refractivity contribution >= 4 is 28.4 Å². The summed E-state index contributed by atoms with van der Waals surface area (Å²) >= 11 is 6.09. The molecule has 5 heteroatoms. The number of hydrogen-bond donors (Lipinski definition) is 0. The first-order valence-corrected chi connectivity index (χ1v) is 9.62. The lowest BCUT2D eigenvalue weighted by atomic mass is 10.1. The van der Waals surface area contributed by atoms with E-state index in [0.717, 1.165) is 34.9 Å². The molecule has 3 heterocycles. The predicted molar refractivity (Wildman–Crippen MR) is 107 cm³/mol. The van der Waals surface area contributed by atoms with Crippen molar-refractivity contribution in [2.24, 2.45) is 0 Å². The SMILES string of the molecule is Clc1ccc(-c2cn3c4ccccc4nc3n2CCN2CCCC2)cc1. The number of benzene rings is 2. The lowest BCUT2D eigenvalue weighted by Crippen LogP contribution is -2.24. The summed E-state index contributed by atoms with van der Waals surface area (Å²) in [6, 6.07) is 16.4. The van der Waals surface area contributed by atoms with E-state index >= 15 is 0 Å². The van der Waals surface area contributed by atoms with Gasteiger partial charge in [0.25, 0.3) is 0 Å². The second kappa shape index (κ2) is 6.45. The molecule has 1 fully saturated rings. The summed E-state index contributed by atoms with van der Waals surface area (Å²) in [7, 11) is 0. The maximum Gasteiger partial charge on any atom is 0.215 e. The van der Waals surface area contributed by atoms with E-state index in [9.17, 15) is 0 Å². The van der Waals surface area contributed by atoms with Crippen molar-refractivity contribution < 1.29 is 0 Å². The summed E-state index contributed by atoms with van der Waals surface area (Å²) in [4.78, 5) is 7.45. The van der Waals surface area contributed by atoms with Crippen LogP contribution >= 0.6 is 11.6 Å². The largest absolute Gasteiger partial charge is 0.308 e. The van der Waals surface area contributed by atoms with Crippen LogP contribution in [0.2, 0.25) is 5.02 Å². The minimum Gasteiger partial charge on any atom is -0.308 e. The number of aromatic nitrogens is 3. The van der Waals surface area contributed by atoms with E-state index in [1.165, 1.54) is 37.2 Å². The quantitative estimate of drug-likeness (QED) is 0.524. The number of imidazole rings is 2. The van der Waals surface area contributed by atoms with Gasteiger partial charge in [-0.05, 0) is 55.8 Å². The zero-order chi connectivity index (χ0) is 17.5.